The lowest BCUT2D eigenvalue weighted by Crippen LogP contribution is -1.90. The van der Waals surface area contributed by atoms with Gasteiger partial charge in [-0.3, -0.25) is 0 Å². The largest absolute Gasteiger partial charge is 0.326 e. The fourth-order valence-electron chi connectivity index (χ4n) is 1.59. The molecule has 3 rings (SSSR count). The Hall–Kier alpha value is -2.12. The molecule has 3 heterocycles. The van der Waals surface area contributed by atoms with Gasteiger partial charge in [-0.05, 0) is 23.4 Å². The summed E-state index contributed by atoms with van der Waals surface area (Å²) in [5, 5.41) is 3.20. The van der Waals surface area contributed by atoms with Crippen LogP contribution in [0.15, 0.2) is 42.4 Å². The van der Waals surface area contributed by atoms with Crippen molar-refractivity contribution in [1.29, 1.82) is 0 Å². The lowest BCUT2D eigenvalue weighted by atomic mass is 10.2. The maximum absolute atomic E-state index is 4.31. The molecule has 0 radical (unpaired) electrons. The molecular weight excluding hydrogens is 230 g/mol. The maximum atomic E-state index is 4.31. The molecule has 0 aliphatic rings. The minimum atomic E-state index is 0.641. The van der Waals surface area contributed by atoms with Crippen LogP contribution in [0.2, 0.25) is 0 Å². The van der Waals surface area contributed by atoms with Crippen LogP contribution >= 0.6 is 11.3 Å². The zero-order chi connectivity index (χ0) is 11.5. The molecule has 0 atom stereocenters. The highest BCUT2D eigenvalue weighted by Gasteiger charge is 1.99. The average Bonchev–Trinajstić information content (AvgIpc) is 2.99. The summed E-state index contributed by atoms with van der Waals surface area (Å²) in [6.07, 6.45) is 7.21. The molecule has 0 fully saturated rings. The van der Waals surface area contributed by atoms with E-state index in [4.69, 9.17) is 0 Å². The third-order valence-corrected chi connectivity index (χ3v) is 3.29. The van der Waals surface area contributed by atoms with Crippen LogP contribution in [0.4, 0.5) is 0 Å². The molecule has 17 heavy (non-hydrogen) atoms. The number of fused-ring (bicyclic) bond motifs is 1. The van der Waals surface area contributed by atoms with Crippen molar-refractivity contribution >= 4 is 21.4 Å². The Bertz CT molecular complexity index is 686. The van der Waals surface area contributed by atoms with E-state index in [1.165, 1.54) is 4.70 Å². The van der Waals surface area contributed by atoms with Gasteiger partial charge >= 0.3 is 0 Å². The summed E-state index contributed by atoms with van der Waals surface area (Å²) in [5.41, 5.74) is 0.851. The Morgan fingerprint density at radius 2 is 2.29 bits per heavy atom. The number of hydrogen-bond donors (Lipinski definition) is 0. The zero-order valence-electron chi connectivity index (χ0n) is 9.00. The third kappa shape index (κ3) is 2.05. The highest BCUT2D eigenvalue weighted by Crippen LogP contribution is 2.21. The van der Waals surface area contributed by atoms with Crippen molar-refractivity contribution < 1.29 is 0 Å². The quantitative estimate of drug-likeness (QED) is 0.611. The molecular formula is C13H9N3S. The SMILES string of the molecule is C(#Cc1nccc2sccc12)Cn1ccnc1. The van der Waals surface area contributed by atoms with Crippen LogP contribution in [0.25, 0.3) is 10.1 Å². The number of aromatic nitrogens is 3. The highest BCUT2D eigenvalue weighted by atomic mass is 32.1. The molecule has 0 saturated carbocycles. The van der Waals surface area contributed by atoms with E-state index < -0.39 is 0 Å². The molecule has 3 aromatic rings. The van der Waals surface area contributed by atoms with Crippen LogP contribution in [-0.2, 0) is 6.54 Å². The fraction of sp³-hybridized carbons (Fsp3) is 0.0769. The van der Waals surface area contributed by atoms with Gasteiger partial charge < -0.3 is 4.57 Å². The summed E-state index contributed by atoms with van der Waals surface area (Å²) >= 11 is 1.71. The Morgan fingerprint density at radius 3 is 3.18 bits per heavy atom. The number of nitrogens with zero attached hydrogens (tertiary/aromatic N) is 3. The van der Waals surface area contributed by atoms with Gasteiger partial charge in [-0.25, -0.2) is 9.97 Å². The van der Waals surface area contributed by atoms with Crippen molar-refractivity contribution in [2.24, 2.45) is 0 Å². The summed E-state index contributed by atoms with van der Waals surface area (Å²) in [5.74, 6) is 6.21. The topological polar surface area (TPSA) is 30.7 Å². The summed E-state index contributed by atoms with van der Waals surface area (Å²) in [6.45, 7) is 0.641. The van der Waals surface area contributed by atoms with Gasteiger partial charge in [0.1, 0.15) is 5.69 Å². The Balaban J connectivity index is 1.90. The van der Waals surface area contributed by atoms with Crippen LogP contribution in [0, 0.1) is 11.8 Å². The zero-order valence-corrected chi connectivity index (χ0v) is 9.81. The number of pyridine rings is 1. The van der Waals surface area contributed by atoms with E-state index in [9.17, 15) is 0 Å². The predicted octanol–water partition coefficient (Wildman–Crippen LogP) is 2.54. The van der Waals surface area contributed by atoms with Crippen LogP contribution in [0.3, 0.4) is 0 Å². The standard InChI is InChI=1S/C13H9N3S/c1(7-16-8-6-14-10-16)2-12-11-4-9-17-13(11)3-5-15-12/h3-6,8-10H,7H2. The van der Waals surface area contributed by atoms with E-state index in [1.807, 2.05) is 16.8 Å². The van der Waals surface area contributed by atoms with Gasteiger partial charge in [0.05, 0.1) is 12.9 Å². The van der Waals surface area contributed by atoms with Gasteiger partial charge in [-0.2, -0.15) is 0 Å². The van der Waals surface area contributed by atoms with Crippen molar-refractivity contribution in [3.63, 3.8) is 0 Å². The Kier molecular flexibility index (Phi) is 2.60. The van der Waals surface area contributed by atoms with Gasteiger partial charge in [0.2, 0.25) is 0 Å². The Labute approximate surface area is 103 Å². The van der Waals surface area contributed by atoms with E-state index in [-0.39, 0.29) is 0 Å². The molecule has 4 heteroatoms. The van der Waals surface area contributed by atoms with Gasteiger partial charge in [0.25, 0.3) is 0 Å². The van der Waals surface area contributed by atoms with Gasteiger partial charge in [-0.1, -0.05) is 5.92 Å². The molecule has 0 aromatic carbocycles. The van der Waals surface area contributed by atoms with E-state index >= 15 is 0 Å². The Morgan fingerprint density at radius 1 is 1.29 bits per heavy atom. The summed E-state index contributed by atoms with van der Waals surface area (Å²) in [4.78, 5) is 8.28. The minimum absolute atomic E-state index is 0.641. The highest BCUT2D eigenvalue weighted by molar-refractivity contribution is 7.17. The molecule has 0 bridgehead atoms. The molecule has 0 saturated heterocycles. The molecule has 0 aliphatic heterocycles. The lowest BCUT2D eigenvalue weighted by Gasteiger charge is -1.93. The van der Waals surface area contributed by atoms with E-state index in [1.54, 1.807) is 30.1 Å². The third-order valence-electron chi connectivity index (χ3n) is 2.41. The van der Waals surface area contributed by atoms with Crippen molar-refractivity contribution in [3.05, 3.63) is 48.1 Å². The van der Waals surface area contributed by atoms with Crippen molar-refractivity contribution in [2.45, 2.75) is 6.54 Å². The van der Waals surface area contributed by atoms with Gasteiger partial charge in [0.15, 0.2) is 0 Å². The van der Waals surface area contributed by atoms with Crippen LogP contribution in [-0.4, -0.2) is 14.5 Å². The number of thiophene rings is 1. The smallest absolute Gasteiger partial charge is 0.121 e. The number of rotatable bonds is 1. The number of imidazole rings is 1. The van der Waals surface area contributed by atoms with Crippen molar-refractivity contribution in [2.75, 3.05) is 0 Å². The average molecular weight is 239 g/mol. The molecule has 0 N–H and O–H groups in total. The number of hydrogen-bond acceptors (Lipinski definition) is 3. The maximum Gasteiger partial charge on any atom is 0.121 e. The molecule has 0 amide bonds. The normalized spacial score (nSPS) is 10.1. The van der Waals surface area contributed by atoms with Crippen LogP contribution in [0.1, 0.15) is 5.69 Å². The van der Waals surface area contributed by atoms with E-state index in [0.29, 0.717) is 6.54 Å². The van der Waals surface area contributed by atoms with Crippen molar-refractivity contribution in [1.82, 2.24) is 14.5 Å². The first kappa shape index (κ1) is 10.1. The van der Waals surface area contributed by atoms with Crippen LogP contribution in [0.5, 0.6) is 0 Å². The molecule has 3 aromatic heterocycles. The minimum Gasteiger partial charge on any atom is -0.326 e. The molecule has 0 spiro atoms. The summed E-state index contributed by atoms with van der Waals surface area (Å²) in [7, 11) is 0. The van der Waals surface area contributed by atoms with Gasteiger partial charge in [0, 0.05) is 28.7 Å². The van der Waals surface area contributed by atoms with E-state index in [0.717, 1.165) is 11.1 Å². The molecule has 82 valence electrons. The lowest BCUT2D eigenvalue weighted by molar-refractivity contribution is 0.839. The molecule has 0 unspecified atom stereocenters. The summed E-state index contributed by atoms with van der Waals surface area (Å²) < 4.78 is 3.16. The molecule has 0 aliphatic carbocycles. The second kappa shape index (κ2) is 4.40. The van der Waals surface area contributed by atoms with Crippen molar-refractivity contribution in [3.8, 4) is 11.8 Å². The molecule has 3 nitrogen and oxygen atoms in total. The first-order valence-corrected chi connectivity index (χ1v) is 6.08. The first-order chi connectivity index (χ1) is 8.43. The first-order valence-electron chi connectivity index (χ1n) is 5.20. The van der Waals surface area contributed by atoms with E-state index in [2.05, 4.69) is 33.3 Å². The monoisotopic (exact) mass is 239 g/mol. The fourth-order valence-corrected chi connectivity index (χ4v) is 2.37. The second-order valence-electron chi connectivity index (χ2n) is 3.53. The summed E-state index contributed by atoms with van der Waals surface area (Å²) in [6, 6.07) is 4.08. The van der Waals surface area contributed by atoms with Crippen LogP contribution < -0.4 is 0 Å². The predicted molar refractivity (Wildman–Crippen MR) is 68.7 cm³/mol. The second-order valence-corrected chi connectivity index (χ2v) is 4.48. The van der Waals surface area contributed by atoms with Gasteiger partial charge in [-0.15, -0.1) is 11.3 Å².